The summed E-state index contributed by atoms with van der Waals surface area (Å²) < 4.78 is 32.3. The first-order valence-corrected chi connectivity index (χ1v) is 13.4. The molecule has 0 N–H and O–H groups in total. The molecule has 5 unspecified atom stereocenters. The molecule has 216 valence electrons. The predicted octanol–water partition coefficient (Wildman–Crippen LogP) is 4.15. The molecule has 2 heterocycles. The van der Waals surface area contributed by atoms with Gasteiger partial charge in [0, 0.05) is 38.8 Å². The van der Waals surface area contributed by atoms with Crippen molar-refractivity contribution in [2.24, 2.45) is 0 Å². The molecule has 1 aromatic heterocycles. The normalized spacial score (nSPS) is 22.0. The summed E-state index contributed by atoms with van der Waals surface area (Å²) in [7, 11) is 0. The molecule has 4 rings (SSSR count). The van der Waals surface area contributed by atoms with Crippen LogP contribution in [0.15, 0.2) is 54.6 Å². The fourth-order valence-electron chi connectivity index (χ4n) is 4.75. The Hall–Kier alpha value is -3.94. The summed E-state index contributed by atoms with van der Waals surface area (Å²) in [6, 6.07) is 16.4. The smallest absolute Gasteiger partial charge is 0.303 e. The minimum Gasteiger partial charge on any atom is -0.463 e. The molecule has 0 amide bonds. The van der Waals surface area contributed by atoms with Crippen LogP contribution in [-0.4, -0.2) is 64.0 Å². The first-order valence-electron chi connectivity index (χ1n) is 12.6. The van der Waals surface area contributed by atoms with Gasteiger partial charge < -0.3 is 23.7 Å². The fourth-order valence-corrected chi connectivity index (χ4v) is 5.57. The van der Waals surface area contributed by atoms with Gasteiger partial charge in [-0.2, -0.15) is 0 Å². The SMILES string of the molecule is CC(=O)OCC1OC(n2c(=S)n(-c3ccccc3)c(=S)c3ccccc32)C(OC(C)=O)C(OC(C)=O)C1OC(C)=O. The minimum absolute atomic E-state index is 0.181. The van der Waals surface area contributed by atoms with Crippen LogP contribution in [0, 0.1) is 9.41 Å². The average molecular weight is 601 g/mol. The van der Waals surface area contributed by atoms with E-state index in [1.54, 1.807) is 21.3 Å². The van der Waals surface area contributed by atoms with Crippen LogP contribution in [0.5, 0.6) is 0 Å². The van der Waals surface area contributed by atoms with Crippen LogP contribution in [-0.2, 0) is 42.9 Å². The van der Waals surface area contributed by atoms with Crippen molar-refractivity contribution in [1.82, 2.24) is 9.13 Å². The van der Waals surface area contributed by atoms with Crippen LogP contribution < -0.4 is 0 Å². The number of nitrogens with zero attached hydrogens (tertiary/aromatic N) is 2. The zero-order chi connectivity index (χ0) is 29.8. The van der Waals surface area contributed by atoms with E-state index < -0.39 is 54.5 Å². The maximum absolute atomic E-state index is 12.4. The maximum atomic E-state index is 12.4. The number of aromatic nitrogens is 2. The van der Waals surface area contributed by atoms with Gasteiger partial charge in [-0.05, 0) is 36.5 Å². The average Bonchev–Trinajstić information content (AvgIpc) is 2.90. The van der Waals surface area contributed by atoms with Crippen LogP contribution >= 0.6 is 24.4 Å². The van der Waals surface area contributed by atoms with E-state index in [-0.39, 0.29) is 11.4 Å². The Balaban J connectivity index is 2.02. The number of carbonyl (C=O) groups excluding carboxylic acids is 4. The molecule has 1 aliphatic heterocycles. The van der Waals surface area contributed by atoms with Gasteiger partial charge in [-0.25, -0.2) is 0 Å². The van der Waals surface area contributed by atoms with Crippen LogP contribution in [0.1, 0.15) is 33.9 Å². The first kappa shape index (κ1) is 30.0. The van der Waals surface area contributed by atoms with E-state index in [0.29, 0.717) is 21.2 Å². The molecular formula is C28H28N2O9S2. The number of para-hydroxylation sites is 2. The lowest BCUT2D eigenvalue weighted by Crippen LogP contribution is -2.60. The Morgan fingerprint density at radius 1 is 0.756 bits per heavy atom. The van der Waals surface area contributed by atoms with E-state index in [1.807, 2.05) is 42.5 Å². The van der Waals surface area contributed by atoms with Gasteiger partial charge in [0.2, 0.25) is 0 Å². The van der Waals surface area contributed by atoms with Crippen LogP contribution in [0.2, 0.25) is 0 Å². The van der Waals surface area contributed by atoms with Gasteiger partial charge in [-0.1, -0.05) is 42.5 Å². The summed E-state index contributed by atoms with van der Waals surface area (Å²) in [4.78, 5) is 48.5. The van der Waals surface area contributed by atoms with Crippen molar-refractivity contribution in [2.75, 3.05) is 6.61 Å². The van der Waals surface area contributed by atoms with E-state index in [9.17, 15) is 19.2 Å². The Bertz CT molecular complexity index is 1600. The summed E-state index contributed by atoms with van der Waals surface area (Å²) in [6.07, 6.45) is -6.37. The van der Waals surface area contributed by atoms with Gasteiger partial charge >= 0.3 is 23.9 Å². The Morgan fingerprint density at radius 3 is 1.93 bits per heavy atom. The van der Waals surface area contributed by atoms with Gasteiger partial charge in [0.1, 0.15) is 17.4 Å². The number of benzene rings is 2. The van der Waals surface area contributed by atoms with Crippen molar-refractivity contribution < 1.29 is 42.9 Å². The van der Waals surface area contributed by atoms with Crippen molar-refractivity contribution in [1.29, 1.82) is 0 Å². The molecule has 13 heteroatoms. The number of ether oxygens (including phenoxy) is 5. The lowest BCUT2D eigenvalue weighted by molar-refractivity contribution is -0.268. The third-order valence-electron chi connectivity index (χ3n) is 6.23. The summed E-state index contributed by atoms with van der Waals surface area (Å²) >= 11 is 11.8. The molecule has 1 aliphatic rings. The van der Waals surface area contributed by atoms with E-state index in [1.165, 1.54) is 13.8 Å². The Morgan fingerprint density at radius 2 is 1.32 bits per heavy atom. The summed E-state index contributed by atoms with van der Waals surface area (Å²) in [6.45, 7) is 4.35. The molecule has 5 atom stereocenters. The number of hydrogen-bond acceptors (Lipinski definition) is 11. The van der Waals surface area contributed by atoms with E-state index >= 15 is 0 Å². The van der Waals surface area contributed by atoms with Crippen molar-refractivity contribution >= 4 is 59.2 Å². The lowest BCUT2D eigenvalue weighted by Gasteiger charge is -2.45. The minimum atomic E-state index is -1.35. The van der Waals surface area contributed by atoms with Gasteiger partial charge in [0.05, 0.1) is 5.52 Å². The van der Waals surface area contributed by atoms with Crippen molar-refractivity contribution in [3.8, 4) is 5.69 Å². The molecule has 1 fully saturated rings. The standard InChI is InChI=1S/C28H28N2O9S2/c1-15(31)35-14-22-23(36-16(2)32)24(37-17(3)33)25(38-18(4)34)26(39-22)30-21-13-9-8-12-20(21)27(40)29(28(30)41)19-10-6-5-7-11-19/h5-13,22-26H,14H2,1-4H3. The molecule has 0 saturated carbocycles. The first-order chi connectivity index (χ1) is 19.5. The predicted molar refractivity (Wildman–Crippen MR) is 150 cm³/mol. The number of hydrogen-bond donors (Lipinski definition) is 0. The highest BCUT2D eigenvalue weighted by molar-refractivity contribution is 7.72. The molecule has 41 heavy (non-hydrogen) atoms. The number of fused-ring (bicyclic) bond motifs is 1. The molecule has 2 aromatic carbocycles. The quantitative estimate of drug-likeness (QED) is 0.221. The van der Waals surface area contributed by atoms with Gasteiger partial charge in [0.25, 0.3) is 0 Å². The topological polar surface area (TPSA) is 124 Å². The van der Waals surface area contributed by atoms with Crippen molar-refractivity contribution in [2.45, 2.75) is 58.3 Å². The Labute approximate surface area is 245 Å². The van der Waals surface area contributed by atoms with E-state index in [2.05, 4.69) is 0 Å². The second-order valence-corrected chi connectivity index (χ2v) is 9.99. The van der Waals surface area contributed by atoms with Gasteiger partial charge in [-0.15, -0.1) is 0 Å². The third kappa shape index (κ3) is 6.53. The number of rotatable bonds is 7. The number of esters is 4. The highest BCUT2D eigenvalue weighted by atomic mass is 32.1. The van der Waals surface area contributed by atoms with Crippen molar-refractivity contribution in [3.05, 3.63) is 64.0 Å². The molecule has 0 bridgehead atoms. The Kier molecular flexibility index (Phi) is 9.31. The summed E-state index contributed by atoms with van der Waals surface area (Å²) in [5.74, 6) is -2.78. The highest BCUT2D eigenvalue weighted by Crippen LogP contribution is 2.37. The molecule has 0 radical (unpaired) electrons. The maximum Gasteiger partial charge on any atom is 0.303 e. The molecule has 3 aromatic rings. The third-order valence-corrected chi connectivity index (χ3v) is 7.01. The molecule has 11 nitrogen and oxygen atoms in total. The largest absolute Gasteiger partial charge is 0.463 e. The van der Waals surface area contributed by atoms with Gasteiger partial charge in [-0.3, -0.25) is 28.3 Å². The zero-order valence-electron chi connectivity index (χ0n) is 22.7. The summed E-state index contributed by atoms with van der Waals surface area (Å²) in [5, 5.41) is 0.632. The molecule has 0 aliphatic carbocycles. The molecule has 1 saturated heterocycles. The lowest BCUT2D eigenvalue weighted by atomic mass is 9.96. The van der Waals surface area contributed by atoms with Gasteiger partial charge in [0.15, 0.2) is 29.3 Å². The van der Waals surface area contributed by atoms with E-state index in [0.717, 1.165) is 13.8 Å². The summed E-state index contributed by atoms with van der Waals surface area (Å²) in [5.41, 5.74) is 1.21. The highest BCUT2D eigenvalue weighted by Gasteiger charge is 2.53. The van der Waals surface area contributed by atoms with Crippen LogP contribution in [0.3, 0.4) is 0 Å². The second-order valence-electron chi connectivity index (χ2n) is 9.24. The van der Waals surface area contributed by atoms with Crippen molar-refractivity contribution in [3.63, 3.8) is 0 Å². The second kappa shape index (κ2) is 12.7. The number of carbonyl (C=O) groups is 4. The van der Waals surface area contributed by atoms with Crippen LogP contribution in [0.4, 0.5) is 0 Å². The molecular weight excluding hydrogens is 572 g/mol. The van der Waals surface area contributed by atoms with Crippen LogP contribution in [0.25, 0.3) is 16.6 Å². The monoisotopic (exact) mass is 600 g/mol. The fraction of sp³-hybridized carbons (Fsp3) is 0.357. The zero-order valence-corrected chi connectivity index (χ0v) is 24.3. The van der Waals surface area contributed by atoms with E-state index in [4.69, 9.17) is 48.1 Å². The molecule has 0 spiro atoms.